The Balaban J connectivity index is 1.93. The van der Waals surface area contributed by atoms with E-state index in [1.807, 2.05) is 30.9 Å². The summed E-state index contributed by atoms with van der Waals surface area (Å²) >= 11 is 0. The molecule has 1 aliphatic heterocycles. The lowest BCUT2D eigenvalue weighted by Gasteiger charge is -2.20. The van der Waals surface area contributed by atoms with Crippen LogP contribution >= 0.6 is 0 Å². The van der Waals surface area contributed by atoms with Crippen LogP contribution in [0.3, 0.4) is 0 Å². The Morgan fingerprint density at radius 3 is 2.65 bits per heavy atom. The van der Waals surface area contributed by atoms with Gasteiger partial charge >= 0.3 is 0 Å². The second kappa shape index (κ2) is 5.79. The van der Waals surface area contributed by atoms with E-state index in [2.05, 4.69) is 11.9 Å². The molecule has 1 unspecified atom stereocenters. The minimum Gasteiger partial charge on any atom is -0.353 e. The molecule has 0 bridgehead atoms. The molecule has 0 aromatic carbocycles. The molecule has 5 nitrogen and oxygen atoms in total. The molecule has 1 amide bonds. The fourth-order valence-corrected chi connectivity index (χ4v) is 2.82. The van der Waals surface area contributed by atoms with Crippen molar-refractivity contribution in [1.82, 2.24) is 14.4 Å². The molecule has 1 aliphatic rings. The van der Waals surface area contributed by atoms with E-state index in [0.29, 0.717) is 12.3 Å². The van der Waals surface area contributed by atoms with Gasteiger partial charge in [0.05, 0.1) is 0 Å². The van der Waals surface area contributed by atoms with Gasteiger partial charge in [-0.1, -0.05) is 0 Å². The number of carbonyl (C=O) groups is 2. The van der Waals surface area contributed by atoms with Crippen LogP contribution in [0, 0.1) is 5.92 Å². The number of hydrogen-bond donors (Lipinski definition) is 0. The lowest BCUT2D eigenvalue weighted by Crippen LogP contribution is -2.27. The van der Waals surface area contributed by atoms with Gasteiger partial charge in [-0.25, -0.2) is 0 Å². The summed E-state index contributed by atoms with van der Waals surface area (Å²) < 4.78 is 2.00. The van der Waals surface area contributed by atoms with E-state index in [4.69, 9.17) is 0 Å². The molecule has 0 aliphatic carbocycles. The van der Waals surface area contributed by atoms with Gasteiger partial charge in [-0.05, 0) is 26.0 Å². The highest BCUT2D eigenvalue weighted by molar-refractivity contribution is 5.94. The Labute approximate surface area is 120 Å². The third-order valence-electron chi connectivity index (χ3n) is 3.94. The van der Waals surface area contributed by atoms with Crippen molar-refractivity contribution in [1.29, 1.82) is 0 Å². The van der Waals surface area contributed by atoms with Crippen molar-refractivity contribution in [2.24, 2.45) is 13.0 Å². The second-order valence-corrected chi connectivity index (χ2v) is 5.93. The van der Waals surface area contributed by atoms with Crippen LogP contribution in [0.5, 0.6) is 0 Å². The monoisotopic (exact) mass is 277 g/mol. The van der Waals surface area contributed by atoms with E-state index >= 15 is 0 Å². The van der Waals surface area contributed by atoms with Gasteiger partial charge in [0.15, 0.2) is 5.78 Å². The average molecular weight is 277 g/mol. The van der Waals surface area contributed by atoms with E-state index in [9.17, 15) is 9.59 Å². The van der Waals surface area contributed by atoms with Crippen molar-refractivity contribution in [2.45, 2.75) is 19.9 Å². The summed E-state index contributed by atoms with van der Waals surface area (Å²) in [6.45, 7) is 4.12. The zero-order valence-electron chi connectivity index (χ0n) is 12.7. The number of carbonyl (C=O) groups excluding carboxylic acids is 2. The summed E-state index contributed by atoms with van der Waals surface area (Å²) in [5.74, 6) is 0.740. The first kappa shape index (κ1) is 14.8. The number of amides is 1. The average Bonchev–Trinajstić information content (AvgIpc) is 2.84. The predicted molar refractivity (Wildman–Crippen MR) is 77.5 cm³/mol. The third-order valence-corrected chi connectivity index (χ3v) is 3.94. The summed E-state index contributed by atoms with van der Waals surface area (Å²) in [5, 5.41) is 0. The van der Waals surface area contributed by atoms with Gasteiger partial charge in [0.1, 0.15) is 0 Å². The minimum absolute atomic E-state index is 0.0949. The number of rotatable bonds is 5. The normalized spacial score (nSPS) is 19.1. The highest BCUT2D eigenvalue weighted by atomic mass is 16.2. The molecular weight excluding hydrogens is 254 g/mol. The van der Waals surface area contributed by atoms with E-state index in [1.165, 1.54) is 0 Å². The molecule has 0 spiro atoms. The molecule has 1 saturated heterocycles. The van der Waals surface area contributed by atoms with Gasteiger partial charge in [0.2, 0.25) is 5.91 Å². The Morgan fingerprint density at radius 1 is 1.45 bits per heavy atom. The number of Topliss-reactive ketones (excluding diaryl/α,β-unsaturated/α-hetero) is 1. The quantitative estimate of drug-likeness (QED) is 0.758. The van der Waals surface area contributed by atoms with Crippen LogP contribution in [0.2, 0.25) is 0 Å². The van der Waals surface area contributed by atoms with Gasteiger partial charge in [-0.3, -0.25) is 9.59 Å². The molecule has 0 radical (unpaired) electrons. The molecule has 110 valence electrons. The fraction of sp³-hybridized carbons (Fsp3) is 0.600. The SMILES string of the molecule is CC(=O)c1cc(CN(C)CC2CC(=O)N(C)C2)n(C)c1. The highest BCUT2D eigenvalue weighted by Crippen LogP contribution is 2.18. The van der Waals surface area contributed by atoms with E-state index in [-0.39, 0.29) is 11.7 Å². The molecule has 1 fully saturated rings. The Bertz CT molecular complexity index is 521. The van der Waals surface area contributed by atoms with E-state index < -0.39 is 0 Å². The molecule has 2 heterocycles. The van der Waals surface area contributed by atoms with E-state index in [0.717, 1.165) is 30.9 Å². The van der Waals surface area contributed by atoms with Crippen molar-refractivity contribution >= 4 is 11.7 Å². The van der Waals surface area contributed by atoms with Crippen LogP contribution in [-0.2, 0) is 18.4 Å². The number of aromatic nitrogens is 1. The van der Waals surface area contributed by atoms with Gasteiger partial charge in [0.25, 0.3) is 0 Å². The summed E-state index contributed by atoms with van der Waals surface area (Å²) in [5.41, 5.74) is 1.88. The molecule has 1 aromatic rings. The van der Waals surface area contributed by atoms with E-state index in [1.54, 1.807) is 11.8 Å². The predicted octanol–water partition coefficient (Wildman–Crippen LogP) is 1.14. The molecule has 2 rings (SSSR count). The Kier molecular flexibility index (Phi) is 4.28. The number of ketones is 1. The van der Waals surface area contributed by atoms with Crippen LogP contribution in [-0.4, -0.2) is 53.2 Å². The van der Waals surface area contributed by atoms with Gasteiger partial charge < -0.3 is 14.4 Å². The Morgan fingerprint density at radius 2 is 2.15 bits per heavy atom. The summed E-state index contributed by atoms with van der Waals surface area (Å²) in [7, 11) is 5.88. The lowest BCUT2D eigenvalue weighted by atomic mass is 10.1. The summed E-state index contributed by atoms with van der Waals surface area (Å²) in [4.78, 5) is 26.9. The molecule has 1 atom stereocenters. The van der Waals surface area contributed by atoms with Gasteiger partial charge in [0, 0.05) is 57.6 Å². The van der Waals surface area contributed by atoms with Crippen molar-refractivity contribution in [3.63, 3.8) is 0 Å². The largest absolute Gasteiger partial charge is 0.353 e. The fourth-order valence-electron chi connectivity index (χ4n) is 2.82. The molecule has 20 heavy (non-hydrogen) atoms. The van der Waals surface area contributed by atoms with Crippen LogP contribution in [0.15, 0.2) is 12.3 Å². The van der Waals surface area contributed by atoms with Crippen molar-refractivity contribution in [2.75, 3.05) is 27.2 Å². The first-order valence-corrected chi connectivity index (χ1v) is 6.95. The first-order valence-electron chi connectivity index (χ1n) is 6.95. The second-order valence-electron chi connectivity index (χ2n) is 5.93. The molecular formula is C15H23N3O2. The Hall–Kier alpha value is -1.62. The number of likely N-dealkylation sites (tertiary alicyclic amines) is 1. The maximum atomic E-state index is 11.5. The van der Waals surface area contributed by atoms with Crippen molar-refractivity contribution in [3.05, 3.63) is 23.5 Å². The molecule has 1 aromatic heterocycles. The summed E-state index contributed by atoms with van der Waals surface area (Å²) in [6, 6.07) is 1.95. The van der Waals surface area contributed by atoms with Gasteiger partial charge in [-0.2, -0.15) is 0 Å². The van der Waals surface area contributed by atoms with Crippen LogP contribution in [0.4, 0.5) is 0 Å². The standard InChI is InChI=1S/C15H23N3O2/c1-11(19)13-6-14(17(3)9-13)10-16(2)7-12-5-15(20)18(4)8-12/h6,9,12H,5,7-8,10H2,1-4H3. The maximum absolute atomic E-state index is 11.5. The number of hydrogen-bond acceptors (Lipinski definition) is 3. The highest BCUT2D eigenvalue weighted by Gasteiger charge is 2.27. The topological polar surface area (TPSA) is 45.6 Å². The molecule has 0 N–H and O–H groups in total. The smallest absolute Gasteiger partial charge is 0.222 e. The molecule has 0 saturated carbocycles. The maximum Gasteiger partial charge on any atom is 0.222 e. The molecule has 5 heteroatoms. The van der Waals surface area contributed by atoms with Crippen LogP contribution < -0.4 is 0 Å². The minimum atomic E-state index is 0.0949. The van der Waals surface area contributed by atoms with Crippen LogP contribution in [0.25, 0.3) is 0 Å². The van der Waals surface area contributed by atoms with Crippen LogP contribution in [0.1, 0.15) is 29.4 Å². The zero-order chi connectivity index (χ0) is 14.9. The first-order chi connectivity index (χ1) is 9.36. The van der Waals surface area contributed by atoms with Crippen molar-refractivity contribution < 1.29 is 9.59 Å². The number of aryl methyl sites for hydroxylation is 1. The number of nitrogens with zero attached hydrogens (tertiary/aromatic N) is 3. The lowest BCUT2D eigenvalue weighted by molar-refractivity contribution is -0.126. The summed E-state index contributed by atoms with van der Waals surface area (Å²) in [6.07, 6.45) is 2.52. The third kappa shape index (κ3) is 3.28. The van der Waals surface area contributed by atoms with Crippen molar-refractivity contribution in [3.8, 4) is 0 Å². The van der Waals surface area contributed by atoms with Gasteiger partial charge in [-0.15, -0.1) is 0 Å². The zero-order valence-corrected chi connectivity index (χ0v) is 12.7.